The lowest BCUT2D eigenvalue weighted by Gasteiger charge is -2.05. The van der Waals surface area contributed by atoms with E-state index in [4.69, 9.17) is 0 Å². The summed E-state index contributed by atoms with van der Waals surface area (Å²) < 4.78 is 0.832. The fourth-order valence-corrected chi connectivity index (χ4v) is 2.49. The number of nitro groups is 1. The van der Waals surface area contributed by atoms with Crippen LogP contribution in [-0.4, -0.2) is 9.91 Å². The van der Waals surface area contributed by atoms with Crippen LogP contribution in [0.2, 0.25) is 0 Å². The SMILES string of the molecule is O=[N+]([O-])c1ccc(Br)cc1CNCc1cscn1. The minimum atomic E-state index is -0.369. The molecule has 1 N–H and O–H groups in total. The summed E-state index contributed by atoms with van der Waals surface area (Å²) in [6.07, 6.45) is 0. The molecule has 2 rings (SSSR count). The molecule has 1 aromatic heterocycles. The van der Waals surface area contributed by atoms with Crippen LogP contribution in [0.3, 0.4) is 0 Å². The van der Waals surface area contributed by atoms with Crippen LogP contribution in [0.4, 0.5) is 5.69 Å². The van der Waals surface area contributed by atoms with Gasteiger partial charge < -0.3 is 5.32 Å². The van der Waals surface area contributed by atoms with Crippen LogP contribution in [0, 0.1) is 10.1 Å². The van der Waals surface area contributed by atoms with E-state index >= 15 is 0 Å². The average molecular weight is 328 g/mol. The van der Waals surface area contributed by atoms with Gasteiger partial charge in [-0.1, -0.05) is 15.9 Å². The third-order valence-electron chi connectivity index (χ3n) is 2.34. The van der Waals surface area contributed by atoms with Crippen molar-refractivity contribution in [3.8, 4) is 0 Å². The van der Waals surface area contributed by atoms with E-state index in [0.29, 0.717) is 18.7 Å². The fourth-order valence-electron chi connectivity index (χ4n) is 1.52. The third-order valence-corrected chi connectivity index (χ3v) is 3.47. The highest BCUT2D eigenvalue weighted by Gasteiger charge is 2.13. The molecule has 18 heavy (non-hydrogen) atoms. The first kappa shape index (κ1) is 13.1. The summed E-state index contributed by atoms with van der Waals surface area (Å²) in [5, 5.41) is 16.0. The molecule has 0 aliphatic heterocycles. The lowest BCUT2D eigenvalue weighted by molar-refractivity contribution is -0.385. The average Bonchev–Trinajstić information content (AvgIpc) is 2.82. The molecule has 0 saturated heterocycles. The highest BCUT2D eigenvalue weighted by molar-refractivity contribution is 9.10. The predicted octanol–water partition coefficient (Wildman–Crippen LogP) is 3.10. The zero-order chi connectivity index (χ0) is 13.0. The summed E-state index contributed by atoms with van der Waals surface area (Å²) >= 11 is 4.84. The number of hydrogen-bond acceptors (Lipinski definition) is 5. The zero-order valence-corrected chi connectivity index (χ0v) is 11.7. The van der Waals surface area contributed by atoms with Crippen molar-refractivity contribution in [2.45, 2.75) is 13.1 Å². The van der Waals surface area contributed by atoms with Crippen molar-refractivity contribution < 1.29 is 4.92 Å². The van der Waals surface area contributed by atoms with Crippen molar-refractivity contribution in [2.24, 2.45) is 0 Å². The molecule has 5 nitrogen and oxygen atoms in total. The number of nitrogens with one attached hydrogen (secondary N) is 1. The van der Waals surface area contributed by atoms with Gasteiger partial charge in [0.25, 0.3) is 5.69 Å². The minimum absolute atomic E-state index is 0.129. The van der Waals surface area contributed by atoms with Gasteiger partial charge in [0, 0.05) is 34.6 Å². The quantitative estimate of drug-likeness (QED) is 0.676. The van der Waals surface area contributed by atoms with Gasteiger partial charge in [-0.05, 0) is 12.1 Å². The Labute approximate surface area is 116 Å². The van der Waals surface area contributed by atoms with Gasteiger partial charge in [0.15, 0.2) is 0 Å². The topological polar surface area (TPSA) is 68.1 Å². The number of halogens is 1. The molecular weight excluding hydrogens is 318 g/mol. The molecule has 1 aromatic carbocycles. The van der Waals surface area contributed by atoms with E-state index in [-0.39, 0.29) is 10.6 Å². The van der Waals surface area contributed by atoms with Gasteiger partial charge in [-0.2, -0.15) is 0 Å². The lowest BCUT2D eigenvalue weighted by Crippen LogP contribution is -2.14. The van der Waals surface area contributed by atoms with E-state index in [9.17, 15) is 10.1 Å². The van der Waals surface area contributed by atoms with E-state index < -0.39 is 0 Å². The maximum absolute atomic E-state index is 10.9. The van der Waals surface area contributed by atoms with Gasteiger partial charge in [0.05, 0.1) is 16.1 Å². The minimum Gasteiger partial charge on any atom is -0.307 e. The van der Waals surface area contributed by atoms with Crippen molar-refractivity contribution in [1.82, 2.24) is 10.3 Å². The Kier molecular flexibility index (Phi) is 4.40. The third kappa shape index (κ3) is 3.34. The molecule has 94 valence electrons. The van der Waals surface area contributed by atoms with Crippen LogP contribution in [0.15, 0.2) is 33.6 Å². The second kappa shape index (κ2) is 6.03. The standard InChI is InChI=1S/C11H10BrN3O2S/c12-9-1-2-11(15(16)17)8(3-9)4-13-5-10-6-18-7-14-10/h1-3,6-7,13H,4-5H2. The summed E-state index contributed by atoms with van der Waals surface area (Å²) in [6, 6.07) is 4.93. The molecule has 0 aliphatic carbocycles. The monoisotopic (exact) mass is 327 g/mol. The second-order valence-corrected chi connectivity index (χ2v) is 5.25. The summed E-state index contributed by atoms with van der Waals surface area (Å²) in [7, 11) is 0. The van der Waals surface area contributed by atoms with Crippen LogP contribution in [-0.2, 0) is 13.1 Å². The molecule has 1 heterocycles. The maximum Gasteiger partial charge on any atom is 0.273 e. The van der Waals surface area contributed by atoms with Crippen molar-refractivity contribution in [1.29, 1.82) is 0 Å². The highest BCUT2D eigenvalue weighted by Crippen LogP contribution is 2.22. The van der Waals surface area contributed by atoms with E-state index in [1.54, 1.807) is 17.6 Å². The van der Waals surface area contributed by atoms with Crippen LogP contribution in [0.5, 0.6) is 0 Å². The summed E-state index contributed by atoms with van der Waals surface area (Å²) in [5.74, 6) is 0. The number of aromatic nitrogens is 1. The van der Waals surface area contributed by atoms with Crippen molar-refractivity contribution >= 4 is 33.0 Å². The molecule has 0 amide bonds. The summed E-state index contributed by atoms with van der Waals surface area (Å²) in [5.41, 5.74) is 3.49. The largest absolute Gasteiger partial charge is 0.307 e. The van der Waals surface area contributed by atoms with Crippen LogP contribution in [0.1, 0.15) is 11.3 Å². The van der Waals surface area contributed by atoms with Gasteiger partial charge in [-0.25, -0.2) is 4.98 Å². The second-order valence-electron chi connectivity index (χ2n) is 3.61. The highest BCUT2D eigenvalue weighted by atomic mass is 79.9. The molecule has 0 radical (unpaired) electrons. The number of benzene rings is 1. The van der Waals surface area contributed by atoms with E-state index in [1.807, 2.05) is 5.38 Å². The van der Waals surface area contributed by atoms with E-state index in [0.717, 1.165) is 10.2 Å². The van der Waals surface area contributed by atoms with Gasteiger partial charge in [0.2, 0.25) is 0 Å². The zero-order valence-electron chi connectivity index (χ0n) is 9.30. The number of nitro benzene ring substituents is 1. The first-order chi connectivity index (χ1) is 8.66. The van der Waals surface area contributed by atoms with Crippen LogP contribution >= 0.6 is 27.3 Å². The number of thiazole rings is 1. The Morgan fingerprint density at radius 2 is 2.28 bits per heavy atom. The Hall–Kier alpha value is -1.31. The fraction of sp³-hybridized carbons (Fsp3) is 0.182. The number of rotatable bonds is 5. The lowest BCUT2D eigenvalue weighted by atomic mass is 10.2. The van der Waals surface area contributed by atoms with Crippen LogP contribution < -0.4 is 5.32 Å². The molecule has 2 aromatic rings. The number of nitrogens with zero attached hydrogens (tertiary/aromatic N) is 2. The summed E-state index contributed by atoms with van der Waals surface area (Å²) in [4.78, 5) is 14.6. The molecule has 0 saturated carbocycles. The number of hydrogen-bond donors (Lipinski definition) is 1. The molecule has 7 heteroatoms. The molecular formula is C11H10BrN3O2S. The van der Waals surface area contributed by atoms with E-state index in [1.165, 1.54) is 17.4 Å². The van der Waals surface area contributed by atoms with Gasteiger partial charge >= 0.3 is 0 Å². The van der Waals surface area contributed by atoms with Crippen molar-refractivity contribution in [3.63, 3.8) is 0 Å². The Morgan fingerprint density at radius 3 is 2.94 bits per heavy atom. The van der Waals surface area contributed by atoms with Crippen molar-refractivity contribution in [2.75, 3.05) is 0 Å². The first-order valence-corrected chi connectivity index (χ1v) is 6.91. The summed E-state index contributed by atoms with van der Waals surface area (Å²) in [6.45, 7) is 1.04. The van der Waals surface area contributed by atoms with Crippen molar-refractivity contribution in [3.05, 3.63) is 54.9 Å². The molecule has 0 aliphatic rings. The molecule has 0 spiro atoms. The Morgan fingerprint density at radius 1 is 1.44 bits per heavy atom. The molecule has 0 atom stereocenters. The van der Waals surface area contributed by atoms with Crippen LogP contribution in [0.25, 0.3) is 0 Å². The molecule has 0 fully saturated rings. The van der Waals surface area contributed by atoms with E-state index in [2.05, 4.69) is 26.2 Å². The van der Waals surface area contributed by atoms with Gasteiger partial charge in [-0.3, -0.25) is 10.1 Å². The predicted molar refractivity (Wildman–Crippen MR) is 73.5 cm³/mol. The molecule has 0 bridgehead atoms. The Balaban J connectivity index is 2.03. The smallest absolute Gasteiger partial charge is 0.273 e. The van der Waals surface area contributed by atoms with Gasteiger partial charge in [-0.15, -0.1) is 11.3 Å². The normalized spacial score (nSPS) is 10.5. The molecule has 0 unspecified atom stereocenters. The first-order valence-electron chi connectivity index (χ1n) is 5.17. The Bertz CT molecular complexity index is 545. The maximum atomic E-state index is 10.9. The van der Waals surface area contributed by atoms with Gasteiger partial charge in [0.1, 0.15) is 0 Å².